The van der Waals surface area contributed by atoms with Gasteiger partial charge in [-0.2, -0.15) is 4.91 Å². The molecule has 0 aromatic carbocycles. The second-order valence-corrected chi connectivity index (χ2v) is 10.9. The van der Waals surface area contributed by atoms with E-state index < -0.39 is 0 Å². The van der Waals surface area contributed by atoms with Crippen LogP contribution in [0.1, 0.15) is 180 Å². The molecule has 2 unspecified atom stereocenters. The third-order valence-corrected chi connectivity index (χ3v) is 7.91. The SMILES string of the molecule is CCCC1CCCCCCCCCCCCCCCCCCCCCCCCCC1N=O. The first-order valence-corrected chi connectivity index (χ1v) is 15.2. The standard InChI is InChI=1S/C30H59NO/c1-2-26-29-27-24-22-20-18-16-14-12-10-8-6-4-3-5-7-9-11-13-15-17-19-21-23-25-28-30(29)31-32/h29-30H,2-28H2,1H3. The Kier molecular flexibility index (Phi) is 22.0. The quantitative estimate of drug-likeness (QED) is 0.394. The highest BCUT2D eigenvalue weighted by Gasteiger charge is 2.21. The normalized spacial score (nSPS) is 26.7. The average Bonchev–Trinajstić information content (AvgIpc) is 2.80. The van der Waals surface area contributed by atoms with Gasteiger partial charge in [0.25, 0.3) is 0 Å². The second-order valence-electron chi connectivity index (χ2n) is 10.9. The summed E-state index contributed by atoms with van der Waals surface area (Å²) in [6.07, 6.45) is 37.1. The first-order valence-electron chi connectivity index (χ1n) is 15.2. The Morgan fingerprint density at radius 2 is 0.750 bits per heavy atom. The van der Waals surface area contributed by atoms with Crippen molar-refractivity contribution in [3.8, 4) is 0 Å². The molecule has 1 aliphatic rings. The van der Waals surface area contributed by atoms with Crippen molar-refractivity contribution in [2.45, 2.75) is 186 Å². The summed E-state index contributed by atoms with van der Waals surface area (Å²) in [7, 11) is 0. The fourth-order valence-corrected chi connectivity index (χ4v) is 5.75. The molecule has 0 N–H and O–H groups in total. The first-order chi connectivity index (χ1) is 15.9. The van der Waals surface area contributed by atoms with Crippen LogP contribution in [0.3, 0.4) is 0 Å². The smallest absolute Gasteiger partial charge is 0.0947 e. The van der Waals surface area contributed by atoms with E-state index in [9.17, 15) is 4.91 Å². The summed E-state index contributed by atoms with van der Waals surface area (Å²) >= 11 is 0. The van der Waals surface area contributed by atoms with Gasteiger partial charge in [0, 0.05) is 0 Å². The van der Waals surface area contributed by atoms with E-state index >= 15 is 0 Å². The van der Waals surface area contributed by atoms with Gasteiger partial charge in [0.05, 0.1) is 6.04 Å². The summed E-state index contributed by atoms with van der Waals surface area (Å²) in [6, 6.07) is 0.0811. The van der Waals surface area contributed by atoms with Crippen molar-refractivity contribution in [1.82, 2.24) is 0 Å². The fourth-order valence-electron chi connectivity index (χ4n) is 5.75. The van der Waals surface area contributed by atoms with Crippen LogP contribution in [0.4, 0.5) is 0 Å². The molecule has 0 aromatic heterocycles. The zero-order valence-corrected chi connectivity index (χ0v) is 22.1. The minimum Gasteiger partial charge on any atom is -0.151 e. The highest BCUT2D eigenvalue weighted by atomic mass is 16.3. The molecular weight excluding hydrogens is 390 g/mol. The van der Waals surface area contributed by atoms with Crippen molar-refractivity contribution in [3.05, 3.63) is 4.91 Å². The lowest BCUT2D eigenvalue weighted by atomic mass is 9.86. The highest BCUT2D eigenvalue weighted by molar-refractivity contribution is 4.76. The highest BCUT2D eigenvalue weighted by Crippen LogP contribution is 2.26. The van der Waals surface area contributed by atoms with Gasteiger partial charge in [-0.3, -0.25) is 0 Å². The molecule has 1 saturated carbocycles. The van der Waals surface area contributed by atoms with Crippen LogP contribution in [-0.2, 0) is 0 Å². The summed E-state index contributed by atoms with van der Waals surface area (Å²) in [5, 5.41) is 3.61. The van der Waals surface area contributed by atoms with Gasteiger partial charge in [0.1, 0.15) is 0 Å². The summed E-state index contributed by atoms with van der Waals surface area (Å²) in [5.74, 6) is 0.542. The minimum atomic E-state index is 0.0811. The van der Waals surface area contributed by atoms with Crippen LogP contribution >= 0.6 is 0 Å². The predicted molar refractivity (Wildman–Crippen MR) is 143 cm³/mol. The molecular formula is C30H59NO. The molecule has 0 saturated heterocycles. The van der Waals surface area contributed by atoms with Crippen LogP contribution in [0.15, 0.2) is 5.18 Å². The molecule has 0 bridgehead atoms. The van der Waals surface area contributed by atoms with Crippen LogP contribution in [0.2, 0.25) is 0 Å². The van der Waals surface area contributed by atoms with Crippen LogP contribution in [0, 0.1) is 10.8 Å². The summed E-state index contributed by atoms with van der Waals surface area (Å²) in [4.78, 5) is 11.6. The molecule has 0 radical (unpaired) electrons. The van der Waals surface area contributed by atoms with E-state index in [1.807, 2.05) is 0 Å². The van der Waals surface area contributed by atoms with Gasteiger partial charge >= 0.3 is 0 Å². The number of hydrogen-bond donors (Lipinski definition) is 0. The Bertz CT molecular complexity index is 383. The third kappa shape index (κ3) is 18.1. The predicted octanol–water partition coefficient (Wildman–Crippen LogP) is 11.3. The largest absolute Gasteiger partial charge is 0.151 e. The Labute approximate surface area is 202 Å². The fraction of sp³-hybridized carbons (Fsp3) is 1.00. The van der Waals surface area contributed by atoms with Crippen molar-refractivity contribution in [3.63, 3.8) is 0 Å². The van der Waals surface area contributed by atoms with Crippen LogP contribution in [0.5, 0.6) is 0 Å². The van der Waals surface area contributed by atoms with Gasteiger partial charge in [0.2, 0.25) is 0 Å². The molecule has 2 nitrogen and oxygen atoms in total. The van der Waals surface area contributed by atoms with E-state index in [2.05, 4.69) is 12.1 Å². The van der Waals surface area contributed by atoms with Crippen molar-refractivity contribution in [1.29, 1.82) is 0 Å². The van der Waals surface area contributed by atoms with E-state index in [0.717, 1.165) is 6.42 Å². The summed E-state index contributed by atoms with van der Waals surface area (Å²) < 4.78 is 0. The van der Waals surface area contributed by atoms with E-state index in [4.69, 9.17) is 0 Å². The van der Waals surface area contributed by atoms with E-state index in [0.29, 0.717) is 5.92 Å². The molecule has 0 heterocycles. The topological polar surface area (TPSA) is 29.4 Å². The number of nitroso groups, excluding NO2 is 1. The maximum absolute atomic E-state index is 11.6. The number of nitrogens with zero attached hydrogens (tertiary/aromatic N) is 1. The monoisotopic (exact) mass is 449 g/mol. The molecule has 0 aliphatic heterocycles. The molecule has 190 valence electrons. The van der Waals surface area contributed by atoms with Gasteiger partial charge in [-0.1, -0.05) is 166 Å². The molecule has 0 aromatic rings. The van der Waals surface area contributed by atoms with Crippen LogP contribution in [-0.4, -0.2) is 6.04 Å². The zero-order valence-electron chi connectivity index (χ0n) is 22.1. The molecule has 2 atom stereocenters. The molecule has 32 heavy (non-hydrogen) atoms. The maximum atomic E-state index is 11.6. The molecule has 0 amide bonds. The van der Waals surface area contributed by atoms with E-state index in [1.54, 1.807) is 0 Å². The molecule has 1 fully saturated rings. The lowest BCUT2D eigenvalue weighted by Crippen LogP contribution is -2.18. The maximum Gasteiger partial charge on any atom is 0.0947 e. The van der Waals surface area contributed by atoms with Crippen molar-refractivity contribution >= 4 is 0 Å². The second kappa shape index (κ2) is 23.7. The lowest BCUT2D eigenvalue weighted by Gasteiger charge is -2.21. The van der Waals surface area contributed by atoms with Gasteiger partial charge < -0.3 is 0 Å². The number of rotatable bonds is 3. The molecule has 0 spiro atoms. The average molecular weight is 450 g/mol. The molecule has 1 rings (SSSR count). The van der Waals surface area contributed by atoms with Crippen molar-refractivity contribution in [2.75, 3.05) is 0 Å². The lowest BCUT2D eigenvalue weighted by molar-refractivity contribution is 0.330. The molecule has 2 heteroatoms. The van der Waals surface area contributed by atoms with E-state index in [1.165, 1.54) is 167 Å². The van der Waals surface area contributed by atoms with Gasteiger partial charge in [0.15, 0.2) is 0 Å². The minimum absolute atomic E-state index is 0.0811. The summed E-state index contributed by atoms with van der Waals surface area (Å²) in [6.45, 7) is 2.26. The third-order valence-electron chi connectivity index (χ3n) is 7.91. The van der Waals surface area contributed by atoms with Gasteiger partial charge in [-0.05, 0) is 25.2 Å². The van der Waals surface area contributed by atoms with Crippen LogP contribution < -0.4 is 0 Å². The van der Waals surface area contributed by atoms with Crippen molar-refractivity contribution < 1.29 is 0 Å². The first kappa shape index (κ1) is 29.6. The van der Waals surface area contributed by atoms with Gasteiger partial charge in [-0.15, -0.1) is 0 Å². The number of hydrogen-bond acceptors (Lipinski definition) is 2. The zero-order chi connectivity index (χ0) is 23.0. The van der Waals surface area contributed by atoms with Crippen molar-refractivity contribution in [2.24, 2.45) is 11.1 Å². The van der Waals surface area contributed by atoms with E-state index in [-0.39, 0.29) is 6.04 Å². The Balaban J connectivity index is 2.30. The van der Waals surface area contributed by atoms with Gasteiger partial charge in [-0.25, -0.2) is 0 Å². The Hall–Kier alpha value is -0.400. The molecule has 1 aliphatic carbocycles. The summed E-state index contributed by atoms with van der Waals surface area (Å²) in [5.41, 5.74) is 0. The Morgan fingerprint density at radius 3 is 1.03 bits per heavy atom. The Morgan fingerprint density at radius 1 is 0.469 bits per heavy atom. The van der Waals surface area contributed by atoms with Crippen LogP contribution in [0.25, 0.3) is 0 Å².